The maximum atomic E-state index is 12.3. The van der Waals surface area contributed by atoms with Crippen molar-refractivity contribution < 1.29 is 4.79 Å². The lowest BCUT2D eigenvalue weighted by Gasteiger charge is -2.11. The summed E-state index contributed by atoms with van der Waals surface area (Å²) in [6, 6.07) is 12.1. The molecule has 0 unspecified atom stereocenters. The van der Waals surface area contributed by atoms with E-state index in [0.29, 0.717) is 6.42 Å². The maximum absolute atomic E-state index is 12.3. The highest BCUT2D eigenvalue weighted by molar-refractivity contribution is 5.97. The van der Waals surface area contributed by atoms with Gasteiger partial charge in [-0.15, -0.1) is 0 Å². The Kier molecular flexibility index (Phi) is 3.84. The molecule has 0 aliphatic rings. The van der Waals surface area contributed by atoms with Gasteiger partial charge >= 0.3 is 0 Å². The normalized spacial score (nSPS) is 10.5. The predicted octanol–water partition coefficient (Wildman–Crippen LogP) is 4.35. The van der Waals surface area contributed by atoms with Crippen molar-refractivity contribution in [2.75, 3.05) is 0 Å². The van der Waals surface area contributed by atoms with Gasteiger partial charge in [-0.3, -0.25) is 4.79 Å². The fraction of sp³-hybridized carbons (Fsp3) is 0.278. The number of Topliss-reactive ketones (excluding diaryl/α,β-unsaturated/α-hetero) is 1. The quantitative estimate of drug-likeness (QED) is 0.742. The van der Waals surface area contributed by atoms with E-state index in [1.165, 1.54) is 22.3 Å². The van der Waals surface area contributed by atoms with Gasteiger partial charge in [-0.25, -0.2) is 0 Å². The van der Waals surface area contributed by atoms with Crippen molar-refractivity contribution in [3.63, 3.8) is 0 Å². The van der Waals surface area contributed by atoms with Crippen LogP contribution in [0.3, 0.4) is 0 Å². The van der Waals surface area contributed by atoms with Crippen molar-refractivity contribution in [2.24, 2.45) is 0 Å². The molecule has 0 fully saturated rings. The molecule has 0 bridgehead atoms. The van der Waals surface area contributed by atoms with Gasteiger partial charge in [0.2, 0.25) is 0 Å². The molecule has 0 aliphatic carbocycles. The van der Waals surface area contributed by atoms with E-state index in [4.69, 9.17) is 0 Å². The van der Waals surface area contributed by atoms with Crippen LogP contribution in [0.4, 0.5) is 0 Å². The predicted molar refractivity (Wildman–Crippen MR) is 79.9 cm³/mol. The molecule has 0 saturated carbocycles. The van der Waals surface area contributed by atoms with E-state index in [0.717, 1.165) is 11.1 Å². The molecular formula is C18H20O. The topological polar surface area (TPSA) is 17.1 Å². The molecule has 0 aliphatic heterocycles. The zero-order valence-corrected chi connectivity index (χ0v) is 12.1. The molecule has 0 N–H and O–H groups in total. The highest BCUT2D eigenvalue weighted by atomic mass is 16.1. The molecular weight excluding hydrogens is 232 g/mol. The third-order valence-electron chi connectivity index (χ3n) is 3.55. The number of carbonyl (C=O) groups excluding carboxylic acids is 1. The Morgan fingerprint density at radius 3 is 1.89 bits per heavy atom. The van der Waals surface area contributed by atoms with Crippen molar-refractivity contribution in [1.82, 2.24) is 0 Å². The first kappa shape index (κ1) is 13.5. The van der Waals surface area contributed by atoms with Gasteiger partial charge in [0, 0.05) is 12.0 Å². The minimum atomic E-state index is 0.190. The van der Waals surface area contributed by atoms with Crippen LogP contribution in [0.25, 0.3) is 0 Å². The number of hydrogen-bond acceptors (Lipinski definition) is 1. The lowest BCUT2D eigenvalue weighted by molar-refractivity contribution is 0.0992. The Bertz CT molecular complexity index is 583. The van der Waals surface area contributed by atoms with Crippen LogP contribution in [-0.2, 0) is 6.42 Å². The molecule has 98 valence electrons. The highest BCUT2D eigenvalue weighted by Gasteiger charge is 2.11. The summed E-state index contributed by atoms with van der Waals surface area (Å²) in [5.41, 5.74) is 6.80. The summed E-state index contributed by atoms with van der Waals surface area (Å²) in [7, 11) is 0. The molecule has 2 rings (SSSR count). The fourth-order valence-corrected chi connectivity index (χ4v) is 2.49. The second-order valence-electron chi connectivity index (χ2n) is 5.34. The highest BCUT2D eigenvalue weighted by Crippen LogP contribution is 2.19. The number of rotatable bonds is 3. The van der Waals surface area contributed by atoms with Crippen molar-refractivity contribution >= 4 is 5.78 Å². The number of aryl methyl sites for hydroxylation is 4. The standard InChI is InChI=1S/C18H20O/c1-12-5-7-16(8-6-12)18(19)11-17-14(3)9-13(2)10-15(17)4/h5-10H,11H2,1-4H3. The minimum Gasteiger partial charge on any atom is -0.294 e. The van der Waals surface area contributed by atoms with E-state index in [2.05, 4.69) is 32.9 Å². The molecule has 0 saturated heterocycles. The molecule has 0 amide bonds. The van der Waals surface area contributed by atoms with Crippen LogP contribution >= 0.6 is 0 Å². The summed E-state index contributed by atoms with van der Waals surface area (Å²) in [5, 5.41) is 0. The zero-order valence-electron chi connectivity index (χ0n) is 12.1. The summed E-state index contributed by atoms with van der Waals surface area (Å²) in [6.07, 6.45) is 0.487. The minimum absolute atomic E-state index is 0.190. The second kappa shape index (κ2) is 5.40. The smallest absolute Gasteiger partial charge is 0.167 e. The van der Waals surface area contributed by atoms with Gasteiger partial charge in [-0.05, 0) is 44.4 Å². The van der Waals surface area contributed by atoms with Crippen molar-refractivity contribution in [1.29, 1.82) is 0 Å². The Balaban J connectivity index is 2.26. The number of hydrogen-bond donors (Lipinski definition) is 0. The molecule has 19 heavy (non-hydrogen) atoms. The summed E-state index contributed by atoms with van der Waals surface area (Å²) >= 11 is 0. The summed E-state index contributed by atoms with van der Waals surface area (Å²) in [5.74, 6) is 0.190. The van der Waals surface area contributed by atoms with Gasteiger partial charge in [-0.2, -0.15) is 0 Å². The van der Waals surface area contributed by atoms with Crippen LogP contribution in [0.2, 0.25) is 0 Å². The van der Waals surface area contributed by atoms with Crippen LogP contribution in [-0.4, -0.2) is 5.78 Å². The third kappa shape index (κ3) is 3.11. The molecule has 0 atom stereocenters. The fourth-order valence-electron chi connectivity index (χ4n) is 2.49. The van der Waals surface area contributed by atoms with E-state index in [9.17, 15) is 4.79 Å². The van der Waals surface area contributed by atoms with Gasteiger partial charge in [0.05, 0.1) is 0 Å². The Morgan fingerprint density at radius 2 is 1.37 bits per heavy atom. The number of carbonyl (C=O) groups is 1. The Morgan fingerprint density at radius 1 is 0.842 bits per heavy atom. The third-order valence-corrected chi connectivity index (χ3v) is 3.55. The largest absolute Gasteiger partial charge is 0.294 e. The van der Waals surface area contributed by atoms with Gasteiger partial charge in [-0.1, -0.05) is 47.5 Å². The SMILES string of the molecule is Cc1ccc(C(=O)Cc2c(C)cc(C)cc2C)cc1. The van der Waals surface area contributed by atoms with Crippen LogP contribution in [0, 0.1) is 27.7 Å². The number of benzene rings is 2. The lowest BCUT2D eigenvalue weighted by atomic mass is 9.94. The number of ketones is 1. The molecule has 1 nitrogen and oxygen atoms in total. The first-order chi connectivity index (χ1) is 8.97. The monoisotopic (exact) mass is 252 g/mol. The molecule has 2 aromatic rings. The van der Waals surface area contributed by atoms with Crippen LogP contribution in [0.5, 0.6) is 0 Å². The van der Waals surface area contributed by atoms with Crippen LogP contribution in [0.1, 0.15) is 38.2 Å². The molecule has 2 aromatic carbocycles. The summed E-state index contributed by atoms with van der Waals surface area (Å²) in [6.45, 7) is 8.28. The molecule has 1 heteroatoms. The average molecular weight is 252 g/mol. The van der Waals surface area contributed by atoms with E-state index < -0.39 is 0 Å². The average Bonchev–Trinajstić information content (AvgIpc) is 2.34. The van der Waals surface area contributed by atoms with Gasteiger partial charge < -0.3 is 0 Å². The van der Waals surface area contributed by atoms with E-state index in [1.54, 1.807) is 0 Å². The van der Waals surface area contributed by atoms with E-state index in [-0.39, 0.29) is 5.78 Å². The Hall–Kier alpha value is -1.89. The zero-order chi connectivity index (χ0) is 14.0. The van der Waals surface area contributed by atoms with Crippen molar-refractivity contribution in [3.8, 4) is 0 Å². The molecule has 0 spiro atoms. The van der Waals surface area contributed by atoms with Crippen molar-refractivity contribution in [2.45, 2.75) is 34.1 Å². The maximum Gasteiger partial charge on any atom is 0.167 e. The summed E-state index contributed by atoms with van der Waals surface area (Å²) in [4.78, 5) is 12.3. The molecule has 0 radical (unpaired) electrons. The van der Waals surface area contributed by atoms with E-state index >= 15 is 0 Å². The van der Waals surface area contributed by atoms with Crippen molar-refractivity contribution in [3.05, 3.63) is 69.8 Å². The Labute approximate surface area is 115 Å². The molecule has 0 heterocycles. The molecule has 0 aromatic heterocycles. The van der Waals surface area contributed by atoms with Crippen LogP contribution in [0.15, 0.2) is 36.4 Å². The lowest BCUT2D eigenvalue weighted by Crippen LogP contribution is -2.06. The van der Waals surface area contributed by atoms with Gasteiger partial charge in [0.25, 0.3) is 0 Å². The second-order valence-corrected chi connectivity index (χ2v) is 5.34. The van der Waals surface area contributed by atoms with Gasteiger partial charge in [0.15, 0.2) is 5.78 Å². The van der Waals surface area contributed by atoms with Gasteiger partial charge in [0.1, 0.15) is 0 Å². The first-order valence-electron chi connectivity index (χ1n) is 6.64. The first-order valence-corrected chi connectivity index (χ1v) is 6.64. The van der Waals surface area contributed by atoms with Crippen LogP contribution < -0.4 is 0 Å². The van der Waals surface area contributed by atoms with E-state index in [1.807, 2.05) is 31.2 Å². The summed E-state index contributed by atoms with van der Waals surface area (Å²) < 4.78 is 0.